The van der Waals surface area contributed by atoms with Crippen LogP contribution in [0.4, 0.5) is 4.79 Å². The van der Waals surface area contributed by atoms with Gasteiger partial charge in [-0.1, -0.05) is 121 Å². The van der Waals surface area contributed by atoms with Crippen molar-refractivity contribution < 1.29 is 9.90 Å². The molecule has 0 spiro atoms. The van der Waals surface area contributed by atoms with Gasteiger partial charge in [-0.05, 0) is 73.7 Å². The first-order valence-electron chi connectivity index (χ1n) is 15.7. The van der Waals surface area contributed by atoms with Crippen LogP contribution >= 0.6 is 0 Å². The molecule has 0 radical (unpaired) electrons. The normalized spacial score (nSPS) is 17.7. The van der Waals surface area contributed by atoms with Crippen LogP contribution in [0, 0.1) is 5.92 Å². The minimum absolute atomic E-state index is 0.148. The standard InChI is InChI=1S/C38H45N3O2/c1-30(38(43,34-18-10-4-11-19-34)35-20-12-5-13-21-35)39-37(42)40-36-24-22-31(23-25-36)26-27-41(28-32-14-6-2-7-15-32)29-33-16-8-3-9-17-33/h2-21,30-31,36,43H,22-29H2,1H3,(H2,39,40,42)/t30-,31?,36?/m1/s1. The topological polar surface area (TPSA) is 64.6 Å². The molecule has 5 nitrogen and oxygen atoms in total. The van der Waals surface area contributed by atoms with E-state index in [0.717, 1.165) is 62.9 Å². The molecule has 0 saturated heterocycles. The van der Waals surface area contributed by atoms with Crippen molar-refractivity contribution in [1.29, 1.82) is 0 Å². The van der Waals surface area contributed by atoms with Gasteiger partial charge in [0.2, 0.25) is 0 Å². The van der Waals surface area contributed by atoms with Gasteiger partial charge in [0.15, 0.2) is 0 Å². The Morgan fingerprint density at radius 1 is 0.744 bits per heavy atom. The molecule has 0 aromatic heterocycles. The van der Waals surface area contributed by atoms with Crippen LogP contribution in [0.1, 0.15) is 61.3 Å². The van der Waals surface area contributed by atoms with E-state index in [4.69, 9.17) is 0 Å². The quantitative estimate of drug-likeness (QED) is 0.167. The van der Waals surface area contributed by atoms with Gasteiger partial charge in [0.1, 0.15) is 5.60 Å². The Kier molecular flexibility index (Phi) is 10.6. The van der Waals surface area contributed by atoms with E-state index >= 15 is 0 Å². The summed E-state index contributed by atoms with van der Waals surface area (Å²) < 4.78 is 0. The molecule has 1 aliphatic rings. The zero-order valence-corrected chi connectivity index (χ0v) is 25.2. The second-order valence-corrected chi connectivity index (χ2v) is 12.0. The van der Waals surface area contributed by atoms with Gasteiger partial charge in [-0.3, -0.25) is 4.90 Å². The van der Waals surface area contributed by atoms with Crippen LogP contribution in [-0.4, -0.2) is 34.7 Å². The number of aliphatic hydroxyl groups is 1. The molecule has 0 aliphatic heterocycles. The zero-order chi connectivity index (χ0) is 29.9. The van der Waals surface area contributed by atoms with E-state index < -0.39 is 11.6 Å². The third-order valence-electron chi connectivity index (χ3n) is 8.94. The number of amides is 2. The molecular weight excluding hydrogens is 530 g/mol. The summed E-state index contributed by atoms with van der Waals surface area (Å²) >= 11 is 0. The number of urea groups is 1. The van der Waals surface area contributed by atoms with Crippen LogP contribution in [0.2, 0.25) is 0 Å². The van der Waals surface area contributed by atoms with Gasteiger partial charge in [-0.15, -0.1) is 0 Å². The Labute approximate surface area is 257 Å². The van der Waals surface area contributed by atoms with Crippen molar-refractivity contribution in [3.8, 4) is 0 Å². The number of nitrogens with one attached hydrogen (secondary N) is 2. The third-order valence-corrected chi connectivity index (χ3v) is 8.94. The number of hydrogen-bond donors (Lipinski definition) is 3. The zero-order valence-electron chi connectivity index (χ0n) is 25.2. The molecule has 5 heteroatoms. The predicted octanol–water partition coefficient (Wildman–Crippen LogP) is 7.26. The van der Waals surface area contributed by atoms with Gasteiger partial charge in [-0.25, -0.2) is 4.79 Å². The lowest BCUT2D eigenvalue weighted by Crippen LogP contribution is -2.54. The summed E-state index contributed by atoms with van der Waals surface area (Å²) in [4.78, 5) is 15.7. The molecule has 3 N–H and O–H groups in total. The summed E-state index contributed by atoms with van der Waals surface area (Å²) in [6.45, 7) is 4.82. The average Bonchev–Trinajstić information content (AvgIpc) is 3.05. The van der Waals surface area contributed by atoms with Gasteiger partial charge in [0.25, 0.3) is 0 Å². The van der Waals surface area contributed by atoms with Crippen molar-refractivity contribution in [3.63, 3.8) is 0 Å². The molecule has 224 valence electrons. The molecule has 4 aromatic carbocycles. The lowest BCUT2D eigenvalue weighted by molar-refractivity contribution is 0.0470. The summed E-state index contributed by atoms with van der Waals surface area (Å²) in [5, 5.41) is 18.2. The van der Waals surface area contributed by atoms with Crippen molar-refractivity contribution in [2.45, 2.75) is 69.8 Å². The fourth-order valence-corrected chi connectivity index (χ4v) is 6.44. The van der Waals surface area contributed by atoms with E-state index in [9.17, 15) is 9.90 Å². The number of nitrogens with zero attached hydrogens (tertiary/aromatic N) is 1. The number of carbonyl (C=O) groups is 1. The highest BCUT2D eigenvalue weighted by atomic mass is 16.3. The van der Waals surface area contributed by atoms with Gasteiger partial charge < -0.3 is 15.7 Å². The number of hydrogen-bond acceptors (Lipinski definition) is 3. The second-order valence-electron chi connectivity index (χ2n) is 12.0. The second kappa shape index (κ2) is 15.0. The fraction of sp³-hybridized carbons (Fsp3) is 0.342. The van der Waals surface area contributed by atoms with Crippen LogP contribution in [0.5, 0.6) is 0 Å². The maximum Gasteiger partial charge on any atom is 0.315 e. The maximum atomic E-state index is 13.1. The molecule has 1 fully saturated rings. The molecule has 0 heterocycles. The Balaban J connectivity index is 1.12. The molecule has 1 saturated carbocycles. The van der Waals surface area contributed by atoms with Crippen LogP contribution < -0.4 is 10.6 Å². The first-order chi connectivity index (χ1) is 21.0. The molecule has 2 amide bonds. The van der Waals surface area contributed by atoms with Crippen LogP contribution in [-0.2, 0) is 18.7 Å². The molecule has 4 aromatic rings. The summed E-state index contributed by atoms with van der Waals surface area (Å²) in [7, 11) is 0. The smallest absolute Gasteiger partial charge is 0.315 e. The summed E-state index contributed by atoms with van der Waals surface area (Å²) in [6.07, 6.45) is 5.35. The molecule has 0 unspecified atom stereocenters. The highest BCUT2D eigenvalue weighted by Gasteiger charge is 2.38. The largest absolute Gasteiger partial charge is 0.378 e. The Morgan fingerprint density at radius 2 is 1.19 bits per heavy atom. The lowest BCUT2D eigenvalue weighted by Gasteiger charge is -2.36. The fourth-order valence-electron chi connectivity index (χ4n) is 6.44. The number of carbonyl (C=O) groups excluding carboxylic acids is 1. The lowest BCUT2D eigenvalue weighted by atomic mass is 9.81. The highest BCUT2D eigenvalue weighted by Crippen LogP contribution is 2.33. The molecular formula is C38H45N3O2. The van der Waals surface area contributed by atoms with Crippen molar-refractivity contribution in [2.75, 3.05) is 6.54 Å². The Morgan fingerprint density at radius 3 is 1.65 bits per heavy atom. The first kappa shape index (κ1) is 30.5. The first-order valence-corrected chi connectivity index (χ1v) is 15.7. The monoisotopic (exact) mass is 575 g/mol. The number of benzene rings is 4. The van der Waals surface area contributed by atoms with Crippen LogP contribution in [0.3, 0.4) is 0 Å². The van der Waals surface area contributed by atoms with E-state index in [1.165, 1.54) is 11.1 Å². The SMILES string of the molecule is C[C@@H](NC(=O)NC1CCC(CCN(Cc2ccccc2)Cc2ccccc2)CC1)C(O)(c1ccccc1)c1ccccc1. The third kappa shape index (κ3) is 8.34. The van der Waals surface area contributed by atoms with Crippen molar-refractivity contribution in [2.24, 2.45) is 5.92 Å². The maximum absolute atomic E-state index is 13.1. The minimum atomic E-state index is -1.34. The van der Waals surface area contributed by atoms with E-state index in [2.05, 4.69) is 76.2 Å². The van der Waals surface area contributed by atoms with Crippen molar-refractivity contribution in [3.05, 3.63) is 144 Å². The summed E-state index contributed by atoms with van der Waals surface area (Å²) in [5.74, 6) is 0.662. The van der Waals surface area contributed by atoms with Gasteiger partial charge in [-0.2, -0.15) is 0 Å². The van der Waals surface area contributed by atoms with E-state index in [0.29, 0.717) is 5.92 Å². The van der Waals surface area contributed by atoms with Crippen molar-refractivity contribution in [1.82, 2.24) is 15.5 Å². The predicted molar refractivity (Wildman–Crippen MR) is 174 cm³/mol. The highest BCUT2D eigenvalue weighted by molar-refractivity contribution is 5.75. The Bertz CT molecular complexity index is 1290. The van der Waals surface area contributed by atoms with Gasteiger partial charge in [0.05, 0.1) is 6.04 Å². The molecule has 0 bridgehead atoms. The van der Waals surface area contributed by atoms with Crippen molar-refractivity contribution >= 4 is 6.03 Å². The molecule has 1 atom stereocenters. The van der Waals surface area contributed by atoms with E-state index in [1.807, 2.05) is 67.6 Å². The molecule has 5 rings (SSSR count). The summed E-state index contributed by atoms with van der Waals surface area (Å²) in [5.41, 5.74) is 2.85. The minimum Gasteiger partial charge on any atom is -0.378 e. The average molecular weight is 576 g/mol. The summed E-state index contributed by atoms with van der Waals surface area (Å²) in [6, 6.07) is 40.0. The molecule has 1 aliphatic carbocycles. The van der Waals surface area contributed by atoms with Crippen LogP contribution in [0.15, 0.2) is 121 Å². The van der Waals surface area contributed by atoms with Gasteiger partial charge in [0, 0.05) is 19.1 Å². The van der Waals surface area contributed by atoms with E-state index in [-0.39, 0.29) is 12.1 Å². The van der Waals surface area contributed by atoms with Gasteiger partial charge >= 0.3 is 6.03 Å². The van der Waals surface area contributed by atoms with E-state index in [1.54, 1.807) is 0 Å². The van der Waals surface area contributed by atoms with Crippen LogP contribution in [0.25, 0.3) is 0 Å². The molecule has 43 heavy (non-hydrogen) atoms. The number of rotatable bonds is 12. The Hall–Kier alpha value is -3.93.